The molecule has 5 N–H and O–H groups in total. The third-order valence-electron chi connectivity index (χ3n) is 1.19. The Balaban J connectivity index is 4.29. The van der Waals surface area contributed by atoms with Gasteiger partial charge in [0, 0.05) is 0 Å². The first-order chi connectivity index (χ1) is 5.54. The molecule has 0 spiro atoms. The molecule has 6 nitrogen and oxygen atoms in total. The van der Waals surface area contributed by atoms with Gasteiger partial charge in [-0.05, 0) is 0 Å². The Hall–Kier alpha value is -1.11. The van der Waals surface area contributed by atoms with Gasteiger partial charge in [-0.25, -0.2) is 0 Å². The zero-order chi connectivity index (χ0) is 9.72. The number of aliphatic hydroxyl groups is 5. The van der Waals surface area contributed by atoms with Crippen LogP contribution in [0.1, 0.15) is 0 Å². The molecular weight excluding hydrogens is 169 g/mol. The molecule has 6 heteroatoms. The Bertz CT molecular complexity index is 186. The van der Waals surface area contributed by atoms with E-state index in [4.69, 9.17) is 25.5 Å². The number of Topliss-reactive ketones (excluding diaryl/α,β-unsaturated/α-hetero) is 1. The smallest absolute Gasteiger partial charge is 0.231 e. The quantitative estimate of drug-likeness (QED) is 0.198. The van der Waals surface area contributed by atoms with Crippen LogP contribution < -0.4 is 0 Å². The van der Waals surface area contributed by atoms with Crippen molar-refractivity contribution in [3.8, 4) is 0 Å². The van der Waals surface area contributed by atoms with Crippen LogP contribution in [0.15, 0.2) is 12.0 Å². The molecule has 0 amide bonds. The Labute approximate surface area is 68.0 Å². The minimum absolute atomic E-state index is 0.0929. The molecule has 0 fully saturated rings. The van der Waals surface area contributed by atoms with Gasteiger partial charge in [0.25, 0.3) is 0 Å². The third-order valence-corrected chi connectivity index (χ3v) is 1.19. The normalized spacial score (nSPS) is 17.1. The standard InChI is InChI=1S/C6H10O6/c7-1-3(9)5(11)6(12)4(10)2-8/h1,4,6-10,12H,2H2/b3-1-/t4-,6+/m0/s1/i1+1. The van der Waals surface area contributed by atoms with E-state index in [9.17, 15) is 4.79 Å². The molecule has 0 saturated carbocycles. The molecule has 0 bridgehead atoms. The average Bonchev–Trinajstić information content (AvgIpc) is 2.12. The number of carbonyl (C=O) groups is 1. The van der Waals surface area contributed by atoms with Gasteiger partial charge in [-0.2, -0.15) is 0 Å². The molecule has 12 heavy (non-hydrogen) atoms. The maximum Gasteiger partial charge on any atom is 0.231 e. The van der Waals surface area contributed by atoms with Crippen LogP contribution in [0, 0.1) is 0 Å². The third kappa shape index (κ3) is 2.50. The molecule has 0 aromatic rings. The highest BCUT2D eigenvalue weighted by Gasteiger charge is 2.26. The van der Waals surface area contributed by atoms with E-state index in [-0.39, 0.29) is 6.26 Å². The van der Waals surface area contributed by atoms with Gasteiger partial charge in [0.2, 0.25) is 5.78 Å². The first-order valence-electron chi connectivity index (χ1n) is 3.09. The van der Waals surface area contributed by atoms with E-state index in [0.29, 0.717) is 0 Å². The van der Waals surface area contributed by atoms with Crippen LogP contribution in [0.3, 0.4) is 0 Å². The highest BCUT2D eigenvalue weighted by Crippen LogP contribution is 2.00. The molecule has 0 aliphatic heterocycles. The Morgan fingerprint density at radius 1 is 1.42 bits per heavy atom. The minimum Gasteiger partial charge on any atom is -0.512 e. The largest absolute Gasteiger partial charge is 0.512 e. The van der Waals surface area contributed by atoms with Gasteiger partial charge < -0.3 is 25.5 Å². The summed E-state index contributed by atoms with van der Waals surface area (Å²) >= 11 is 0. The molecule has 0 aliphatic rings. The maximum absolute atomic E-state index is 10.7. The summed E-state index contributed by atoms with van der Waals surface area (Å²) in [6.07, 6.45) is -3.51. The SMILES string of the molecule is O=C(/C(O)=[13CH]/O)[C@H](O)[C@@H](O)CO. The lowest BCUT2D eigenvalue weighted by Gasteiger charge is -2.12. The second kappa shape index (κ2) is 4.70. The molecule has 0 radical (unpaired) electrons. The lowest BCUT2D eigenvalue weighted by molar-refractivity contribution is -0.133. The van der Waals surface area contributed by atoms with Crippen molar-refractivity contribution in [3.63, 3.8) is 0 Å². The first kappa shape index (κ1) is 10.9. The van der Waals surface area contributed by atoms with E-state index in [1.807, 2.05) is 0 Å². The number of hydrogen-bond acceptors (Lipinski definition) is 6. The van der Waals surface area contributed by atoms with Crippen molar-refractivity contribution in [3.05, 3.63) is 12.0 Å². The summed E-state index contributed by atoms with van der Waals surface area (Å²) in [7, 11) is 0. The van der Waals surface area contributed by atoms with E-state index in [0.717, 1.165) is 0 Å². The van der Waals surface area contributed by atoms with E-state index < -0.39 is 30.4 Å². The van der Waals surface area contributed by atoms with E-state index in [1.54, 1.807) is 0 Å². The Morgan fingerprint density at radius 2 is 1.92 bits per heavy atom. The number of rotatable bonds is 4. The molecule has 0 unspecified atom stereocenters. The topological polar surface area (TPSA) is 118 Å². The number of aliphatic hydroxyl groups excluding tert-OH is 5. The highest BCUT2D eigenvalue weighted by molar-refractivity contribution is 5.96. The molecule has 0 aromatic heterocycles. The van der Waals surface area contributed by atoms with Crippen molar-refractivity contribution in [1.29, 1.82) is 0 Å². The van der Waals surface area contributed by atoms with Gasteiger partial charge in [-0.1, -0.05) is 0 Å². The van der Waals surface area contributed by atoms with Crippen molar-refractivity contribution in [2.45, 2.75) is 12.2 Å². The summed E-state index contributed by atoms with van der Waals surface area (Å²) in [5.74, 6) is -2.32. The van der Waals surface area contributed by atoms with Gasteiger partial charge in [0.05, 0.1) is 6.61 Å². The van der Waals surface area contributed by atoms with Crippen molar-refractivity contribution in [2.24, 2.45) is 0 Å². The van der Waals surface area contributed by atoms with E-state index in [2.05, 4.69) is 0 Å². The van der Waals surface area contributed by atoms with Crippen LogP contribution >= 0.6 is 0 Å². The second-order valence-corrected chi connectivity index (χ2v) is 2.07. The monoisotopic (exact) mass is 179 g/mol. The van der Waals surface area contributed by atoms with Crippen LogP contribution in [0.25, 0.3) is 0 Å². The fourth-order valence-electron chi connectivity index (χ4n) is 0.490. The van der Waals surface area contributed by atoms with Crippen LogP contribution in [0.2, 0.25) is 0 Å². The number of carbonyl (C=O) groups excluding carboxylic acids is 1. The molecule has 0 rings (SSSR count). The summed E-state index contributed by atoms with van der Waals surface area (Å²) in [5.41, 5.74) is 0. The molecule has 0 aromatic carbocycles. The van der Waals surface area contributed by atoms with E-state index >= 15 is 0 Å². The molecule has 0 saturated heterocycles. The molecule has 0 aliphatic carbocycles. The maximum atomic E-state index is 10.7. The van der Waals surface area contributed by atoms with Gasteiger partial charge in [-0.15, -0.1) is 0 Å². The average molecular weight is 179 g/mol. The number of hydrogen-bond donors (Lipinski definition) is 5. The van der Waals surface area contributed by atoms with Crippen molar-refractivity contribution >= 4 is 5.78 Å². The van der Waals surface area contributed by atoms with Crippen LogP contribution in [0.4, 0.5) is 0 Å². The van der Waals surface area contributed by atoms with Crippen molar-refractivity contribution in [2.75, 3.05) is 6.61 Å². The Morgan fingerprint density at radius 3 is 2.25 bits per heavy atom. The lowest BCUT2D eigenvalue weighted by Crippen LogP contribution is -2.37. The van der Waals surface area contributed by atoms with Gasteiger partial charge >= 0.3 is 0 Å². The van der Waals surface area contributed by atoms with Crippen LogP contribution in [0.5, 0.6) is 0 Å². The fraction of sp³-hybridized carbons (Fsp3) is 0.500. The van der Waals surface area contributed by atoms with E-state index in [1.165, 1.54) is 0 Å². The van der Waals surface area contributed by atoms with Crippen molar-refractivity contribution in [1.82, 2.24) is 0 Å². The lowest BCUT2D eigenvalue weighted by atomic mass is 10.1. The molecule has 2 atom stereocenters. The molecule has 0 heterocycles. The van der Waals surface area contributed by atoms with Gasteiger partial charge in [0.15, 0.2) is 5.76 Å². The van der Waals surface area contributed by atoms with Crippen LogP contribution in [-0.2, 0) is 4.79 Å². The van der Waals surface area contributed by atoms with Crippen molar-refractivity contribution < 1.29 is 30.3 Å². The molecular formula is C6H10O6. The first-order valence-corrected chi connectivity index (χ1v) is 3.09. The van der Waals surface area contributed by atoms with Gasteiger partial charge in [0.1, 0.15) is 18.5 Å². The molecule has 70 valence electrons. The summed E-state index contributed by atoms with van der Waals surface area (Å²) < 4.78 is 0. The number of ketones is 1. The predicted octanol–water partition coefficient (Wildman–Crippen LogP) is -1.77. The van der Waals surface area contributed by atoms with Gasteiger partial charge in [-0.3, -0.25) is 4.79 Å². The summed E-state index contributed by atoms with van der Waals surface area (Å²) in [4.78, 5) is 10.7. The minimum atomic E-state index is -1.93. The second-order valence-electron chi connectivity index (χ2n) is 2.07. The zero-order valence-corrected chi connectivity index (χ0v) is 6.08. The fourth-order valence-corrected chi connectivity index (χ4v) is 0.490. The summed E-state index contributed by atoms with van der Waals surface area (Å²) in [6, 6.07) is 0. The van der Waals surface area contributed by atoms with Crippen LogP contribution in [-0.4, -0.2) is 50.1 Å². The highest BCUT2D eigenvalue weighted by atomic mass is 16.4. The Kier molecular flexibility index (Phi) is 4.27. The summed E-state index contributed by atoms with van der Waals surface area (Å²) in [5, 5.41) is 42.5. The summed E-state index contributed by atoms with van der Waals surface area (Å²) in [6.45, 7) is -0.814. The zero-order valence-electron chi connectivity index (χ0n) is 6.08. The predicted molar refractivity (Wildman–Crippen MR) is 37.4 cm³/mol.